The Morgan fingerprint density at radius 3 is 2.78 bits per heavy atom. The number of halogens is 1. The lowest BCUT2D eigenvalue weighted by atomic mass is 10.1. The molecule has 1 aromatic rings. The van der Waals surface area contributed by atoms with Crippen molar-refractivity contribution in [2.75, 3.05) is 10.6 Å². The molecule has 0 aromatic heterocycles. The molecule has 1 aliphatic heterocycles. The normalized spacial score (nSPS) is 14.1. The molecular formula is C12H13FN2O3. The molecule has 0 fully saturated rings. The minimum atomic E-state index is -1.60. The zero-order valence-corrected chi connectivity index (χ0v) is 10.0. The van der Waals surface area contributed by atoms with Gasteiger partial charge in [0.25, 0.3) is 5.91 Å². The molecule has 0 unspecified atom stereocenters. The largest absolute Gasteiger partial charge is 0.381 e. The van der Waals surface area contributed by atoms with Gasteiger partial charge in [-0.1, -0.05) is 0 Å². The summed E-state index contributed by atoms with van der Waals surface area (Å²) < 4.78 is 13.7. The lowest BCUT2D eigenvalue weighted by molar-refractivity contribution is -0.130. The van der Waals surface area contributed by atoms with E-state index in [9.17, 15) is 19.1 Å². The van der Waals surface area contributed by atoms with Crippen LogP contribution in [0.15, 0.2) is 12.1 Å². The molecule has 6 heteroatoms. The fraction of sp³-hybridized carbons (Fsp3) is 0.333. The van der Waals surface area contributed by atoms with Crippen molar-refractivity contribution in [3.63, 3.8) is 0 Å². The molecule has 5 nitrogen and oxygen atoms in total. The summed E-state index contributed by atoms with van der Waals surface area (Å²) >= 11 is 0. The van der Waals surface area contributed by atoms with Gasteiger partial charge in [-0.2, -0.15) is 0 Å². The zero-order chi connectivity index (χ0) is 13.5. The topological polar surface area (TPSA) is 78.4 Å². The van der Waals surface area contributed by atoms with E-state index >= 15 is 0 Å². The Bertz CT molecular complexity index is 535. The van der Waals surface area contributed by atoms with E-state index < -0.39 is 17.3 Å². The van der Waals surface area contributed by atoms with Gasteiger partial charge in [-0.15, -0.1) is 0 Å². The van der Waals surface area contributed by atoms with Gasteiger partial charge in [0.05, 0.1) is 12.1 Å². The molecule has 0 saturated heterocycles. The van der Waals surface area contributed by atoms with Crippen LogP contribution in [0.3, 0.4) is 0 Å². The highest BCUT2D eigenvalue weighted by Gasteiger charge is 2.26. The first-order valence-corrected chi connectivity index (χ1v) is 5.43. The Kier molecular flexibility index (Phi) is 2.82. The van der Waals surface area contributed by atoms with Crippen LogP contribution in [0.25, 0.3) is 0 Å². The van der Waals surface area contributed by atoms with E-state index in [2.05, 4.69) is 10.6 Å². The third kappa shape index (κ3) is 2.33. The maximum atomic E-state index is 13.7. The van der Waals surface area contributed by atoms with Crippen LogP contribution in [0, 0.1) is 5.82 Å². The molecule has 2 rings (SSSR count). The van der Waals surface area contributed by atoms with Gasteiger partial charge in [0.15, 0.2) is 0 Å². The number of hydrogen-bond donors (Lipinski definition) is 3. The van der Waals surface area contributed by atoms with Gasteiger partial charge in [-0.25, -0.2) is 4.39 Å². The maximum Gasteiger partial charge on any atom is 0.255 e. The number of rotatable bonds is 2. The Hall–Kier alpha value is -1.95. The Morgan fingerprint density at radius 2 is 2.17 bits per heavy atom. The fourth-order valence-electron chi connectivity index (χ4n) is 1.62. The SMILES string of the molecule is CC(C)(O)C(=O)Nc1cc2c(cc1F)CC(=O)N2. The number of hydrogen-bond acceptors (Lipinski definition) is 3. The standard InChI is InChI=1S/C12H13FN2O3/c1-12(2,18)11(17)15-9-5-8-6(3-7(9)13)4-10(16)14-8/h3,5,18H,4H2,1-2H3,(H,14,16)(H,15,17). The Balaban J connectivity index is 2.28. The highest BCUT2D eigenvalue weighted by atomic mass is 19.1. The van der Waals surface area contributed by atoms with Crippen LogP contribution in [0.2, 0.25) is 0 Å². The van der Waals surface area contributed by atoms with Crippen LogP contribution < -0.4 is 10.6 Å². The van der Waals surface area contributed by atoms with Crippen LogP contribution in [-0.2, 0) is 16.0 Å². The quantitative estimate of drug-likeness (QED) is 0.735. The van der Waals surface area contributed by atoms with E-state index in [0.29, 0.717) is 11.3 Å². The summed E-state index contributed by atoms with van der Waals surface area (Å²) in [5, 5.41) is 14.3. The fourth-order valence-corrected chi connectivity index (χ4v) is 1.62. The Labute approximate surface area is 103 Å². The molecule has 0 atom stereocenters. The van der Waals surface area contributed by atoms with E-state index in [1.807, 2.05) is 0 Å². The van der Waals surface area contributed by atoms with Gasteiger partial charge in [0.1, 0.15) is 11.4 Å². The van der Waals surface area contributed by atoms with Crippen LogP contribution in [-0.4, -0.2) is 22.5 Å². The first-order chi connectivity index (χ1) is 8.27. The molecule has 2 amide bonds. The summed E-state index contributed by atoms with van der Waals surface area (Å²) in [6.45, 7) is 2.60. The molecule has 1 aliphatic rings. The number of amides is 2. The van der Waals surface area contributed by atoms with Crippen molar-refractivity contribution >= 4 is 23.2 Å². The highest BCUT2D eigenvalue weighted by molar-refractivity contribution is 6.01. The van der Waals surface area contributed by atoms with E-state index in [4.69, 9.17) is 0 Å². The van der Waals surface area contributed by atoms with Gasteiger partial charge in [0, 0.05) is 5.69 Å². The van der Waals surface area contributed by atoms with Crippen LogP contribution in [0.5, 0.6) is 0 Å². The molecular weight excluding hydrogens is 239 g/mol. The predicted octanol–water partition coefficient (Wildman–Crippen LogP) is 1.03. The lowest BCUT2D eigenvalue weighted by Gasteiger charge is -2.17. The van der Waals surface area contributed by atoms with Crippen molar-refractivity contribution in [1.82, 2.24) is 0 Å². The first-order valence-electron chi connectivity index (χ1n) is 5.43. The molecule has 1 aromatic carbocycles. The van der Waals surface area contributed by atoms with Crippen molar-refractivity contribution in [1.29, 1.82) is 0 Å². The summed E-state index contributed by atoms with van der Waals surface area (Å²) in [5.41, 5.74) is -0.636. The molecule has 0 radical (unpaired) electrons. The highest BCUT2D eigenvalue weighted by Crippen LogP contribution is 2.29. The van der Waals surface area contributed by atoms with Crippen LogP contribution in [0.4, 0.5) is 15.8 Å². The molecule has 0 bridgehead atoms. The molecule has 0 saturated carbocycles. The van der Waals surface area contributed by atoms with Crippen molar-refractivity contribution in [2.45, 2.75) is 25.9 Å². The van der Waals surface area contributed by atoms with Crippen molar-refractivity contribution < 1.29 is 19.1 Å². The van der Waals surface area contributed by atoms with Crippen LogP contribution >= 0.6 is 0 Å². The second kappa shape index (κ2) is 4.06. The molecule has 0 aliphatic carbocycles. The minimum absolute atomic E-state index is 0.0666. The first kappa shape index (κ1) is 12.5. The van der Waals surface area contributed by atoms with Gasteiger partial charge in [0.2, 0.25) is 5.91 Å². The number of nitrogens with one attached hydrogen (secondary N) is 2. The van der Waals surface area contributed by atoms with Gasteiger partial charge >= 0.3 is 0 Å². The summed E-state index contributed by atoms with van der Waals surface area (Å²) in [4.78, 5) is 22.7. The van der Waals surface area contributed by atoms with Crippen LogP contribution in [0.1, 0.15) is 19.4 Å². The molecule has 3 N–H and O–H groups in total. The van der Waals surface area contributed by atoms with E-state index in [1.54, 1.807) is 0 Å². The number of carbonyl (C=O) groups excluding carboxylic acids is 2. The number of anilines is 2. The summed E-state index contributed by atoms with van der Waals surface area (Å²) in [7, 11) is 0. The number of benzene rings is 1. The zero-order valence-electron chi connectivity index (χ0n) is 10.0. The monoisotopic (exact) mass is 252 g/mol. The second-order valence-electron chi connectivity index (χ2n) is 4.73. The average molecular weight is 252 g/mol. The van der Waals surface area contributed by atoms with Gasteiger partial charge < -0.3 is 15.7 Å². The number of aliphatic hydroxyl groups is 1. The van der Waals surface area contributed by atoms with E-state index in [-0.39, 0.29) is 18.0 Å². The lowest BCUT2D eigenvalue weighted by Crippen LogP contribution is -2.36. The molecule has 96 valence electrons. The summed E-state index contributed by atoms with van der Waals surface area (Å²) in [6.07, 6.45) is 0.131. The third-order valence-electron chi connectivity index (χ3n) is 2.62. The Morgan fingerprint density at radius 1 is 1.50 bits per heavy atom. The van der Waals surface area contributed by atoms with E-state index in [0.717, 1.165) is 0 Å². The minimum Gasteiger partial charge on any atom is -0.381 e. The second-order valence-corrected chi connectivity index (χ2v) is 4.73. The molecule has 0 spiro atoms. The predicted molar refractivity (Wildman–Crippen MR) is 63.7 cm³/mol. The van der Waals surface area contributed by atoms with Crippen molar-refractivity contribution in [3.8, 4) is 0 Å². The van der Waals surface area contributed by atoms with Gasteiger partial charge in [-0.3, -0.25) is 9.59 Å². The third-order valence-corrected chi connectivity index (χ3v) is 2.62. The summed E-state index contributed by atoms with van der Waals surface area (Å²) in [5.74, 6) is -1.57. The molecule has 1 heterocycles. The summed E-state index contributed by atoms with van der Waals surface area (Å²) in [6, 6.07) is 2.55. The van der Waals surface area contributed by atoms with E-state index in [1.165, 1.54) is 26.0 Å². The number of fused-ring (bicyclic) bond motifs is 1. The smallest absolute Gasteiger partial charge is 0.255 e. The molecule has 18 heavy (non-hydrogen) atoms. The van der Waals surface area contributed by atoms with Gasteiger partial charge in [-0.05, 0) is 31.5 Å². The van der Waals surface area contributed by atoms with Crippen molar-refractivity contribution in [2.24, 2.45) is 0 Å². The van der Waals surface area contributed by atoms with Crippen molar-refractivity contribution in [3.05, 3.63) is 23.5 Å². The average Bonchev–Trinajstić information content (AvgIpc) is 2.56. The number of carbonyl (C=O) groups is 2. The maximum absolute atomic E-state index is 13.7.